The highest BCUT2D eigenvalue weighted by molar-refractivity contribution is 6.04. The molecule has 1 aliphatic rings. The zero-order valence-corrected chi connectivity index (χ0v) is 12.3. The zero-order chi connectivity index (χ0) is 15.4. The van der Waals surface area contributed by atoms with E-state index in [1.807, 2.05) is 47.8 Å². The summed E-state index contributed by atoms with van der Waals surface area (Å²) in [5.41, 5.74) is 1.13. The van der Waals surface area contributed by atoms with E-state index >= 15 is 0 Å². The van der Waals surface area contributed by atoms with E-state index in [2.05, 4.69) is 0 Å². The van der Waals surface area contributed by atoms with Crippen molar-refractivity contribution in [3.8, 4) is 0 Å². The van der Waals surface area contributed by atoms with Crippen LogP contribution < -0.4 is 5.32 Å². The Kier molecular flexibility index (Phi) is 4.34. The van der Waals surface area contributed by atoms with Crippen molar-refractivity contribution < 1.29 is 19.3 Å². The molecule has 2 N–H and O–H groups in total. The molecule has 0 spiro atoms. The van der Waals surface area contributed by atoms with Crippen LogP contribution in [0.1, 0.15) is 17.7 Å². The molecule has 5 nitrogen and oxygen atoms in total. The molecule has 1 fully saturated rings. The number of benzene rings is 1. The Hall–Kier alpha value is -2.40. The average Bonchev–Trinajstić information content (AvgIpc) is 3.14. The predicted molar refractivity (Wildman–Crippen MR) is 79.6 cm³/mol. The van der Waals surface area contributed by atoms with E-state index in [1.165, 1.54) is 4.90 Å². The summed E-state index contributed by atoms with van der Waals surface area (Å²) < 4.78 is 5.25. The molecule has 1 aromatic carbocycles. The van der Waals surface area contributed by atoms with Gasteiger partial charge in [0.2, 0.25) is 5.91 Å². The van der Waals surface area contributed by atoms with Crippen molar-refractivity contribution in [1.82, 2.24) is 4.90 Å². The lowest BCUT2D eigenvalue weighted by molar-refractivity contribution is -0.691. The van der Waals surface area contributed by atoms with Crippen LogP contribution in [0.2, 0.25) is 0 Å². The largest absolute Gasteiger partial charge is 0.463 e. The van der Waals surface area contributed by atoms with Gasteiger partial charge in [0.05, 0.1) is 12.7 Å². The third-order valence-corrected chi connectivity index (χ3v) is 3.93. The van der Waals surface area contributed by atoms with Crippen molar-refractivity contribution in [3.63, 3.8) is 0 Å². The van der Waals surface area contributed by atoms with Crippen LogP contribution in [0.3, 0.4) is 0 Å². The Labute approximate surface area is 128 Å². The first-order valence-electron chi connectivity index (χ1n) is 7.48. The second-order valence-electron chi connectivity index (χ2n) is 5.45. The molecular weight excluding hydrogens is 280 g/mol. The molecule has 2 aromatic rings. The SMILES string of the molecule is O=C1CC([NH2+]Cc2ccco2)C(=O)N1CCc1ccccc1. The number of amides is 2. The van der Waals surface area contributed by atoms with Gasteiger partial charge in [0, 0.05) is 6.54 Å². The van der Waals surface area contributed by atoms with Crippen molar-refractivity contribution in [2.24, 2.45) is 0 Å². The number of hydrogen-bond donors (Lipinski definition) is 1. The molecule has 0 radical (unpaired) electrons. The summed E-state index contributed by atoms with van der Waals surface area (Å²) in [4.78, 5) is 25.8. The average molecular weight is 299 g/mol. The maximum Gasteiger partial charge on any atom is 0.287 e. The lowest BCUT2D eigenvalue weighted by Crippen LogP contribution is -2.90. The number of nitrogens with two attached hydrogens (primary N) is 1. The van der Waals surface area contributed by atoms with E-state index in [4.69, 9.17) is 4.42 Å². The molecule has 0 saturated carbocycles. The minimum Gasteiger partial charge on any atom is -0.463 e. The monoisotopic (exact) mass is 299 g/mol. The summed E-state index contributed by atoms with van der Waals surface area (Å²) in [5.74, 6) is 0.636. The van der Waals surface area contributed by atoms with Crippen molar-refractivity contribution in [2.75, 3.05) is 6.54 Å². The number of rotatable bonds is 6. The molecule has 1 atom stereocenters. The Bertz CT molecular complexity index is 637. The fourth-order valence-corrected chi connectivity index (χ4v) is 2.70. The highest BCUT2D eigenvalue weighted by Crippen LogP contribution is 2.12. The second-order valence-corrected chi connectivity index (χ2v) is 5.45. The summed E-state index contributed by atoms with van der Waals surface area (Å²) in [6.45, 7) is 1.02. The number of nitrogens with zero attached hydrogens (tertiary/aromatic N) is 1. The Morgan fingerprint density at radius 1 is 1.14 bits per heavy atom. The van der Waals surface area contributed by atoms with Gasteiger partial charge in [0.15, 0.2) is 11.8 Å². The quantitative estimate of drug-likeness (QED) is 0.799. The number of furan rings is 1. The summed E-state index contributed by atoms with van der Waals surface area (Å²) in [6.07, 6.45) is 2.58. The number of hydrogen-bond acceptors (Lipinski definition) is 3. The Morgan fingerprint density at radius 2 is 1.95 bits per heavy atom. The minimum atomic E-state index is -0.326. The van der Waals surface area contributed by atoms with Gasteiger partial charge in [-0.15, -0.1) is 0 Å². The second kappa shape index (κ2) is 6.58. The summed E-state index contributed by atoms with van der Waals surface area (Å²) >= 11 is 0. The number of carbonyl (C=O) groups is 2. The standard InChI is InChI=1S/C17H18N2O3/c20-16-11-15(18-12-14-7-4-10-22-14)17(21)19(16)9-8-13-5-2-1-3-6-13/h1-7,10,15,18H,8-9,11-12H2/p+1. The van der Waals surface area contributed by atoms with Gasteiger partial charge in [0.1, 0.15) is 6.54 Å². The summed E-state index contributed by atoms with van der Waals surface area (Å²) in [7, 11) is 0. The molecule has 1 saturated heterocycles. The van der Waals surface area contributed by atoms with Crippen LogP contribution in [0.15, 0.2) is 53.1 Å². The highest BCUT2D eigenvalue weighted by Gasteiger charge is 2.40. The normalized spacial score (nSPS) is 18.2. The Morgan fingerprint density at radius 3 is 2.68 bits per heavy atom. The molecule has 22 heavy (non-hydrogen) atoms. The molecule has 2 amide bonds. The van der Waals surface area contributed by atoms with E-state index in [-0.39, 0.29) is 24.3 Å². The minimum absolute atomic E-state index is 0.0818. The van der Waals surface area contributed by atoms with Crippen molar-refractivity contribution >= 4 is 11.8 Å². The molecule has 5 heteroatoms. The first-order chi connectivity index (χ1) is 10.7. The van der Waals surface area contributed by atoms with Gasteiger partial charge in [-0.05, 0) is 24.1 Å². The van der Waals surface area contributed by atoms with Crippen LogP contribution in [-0.4, -0.2) is 29.3 Å². The molecule has 114 valence electrons. The van der Waals surface area contributed by atoms with E-state index in [0.29, 0.717) is 19.5 Å². The summed E-state index contributed by atoms with van der Waals surface area (Å²) in [5, 5.41) is 1.88. The molecule has 1 unspecified atom stereocenters. The molecule has 0 bridgehead atoms. The van der Waals surface area contributed by atoms with Gasteiger partial charge in [-0.1, -0.05) is 30.3 Å². The lowest BCUT2D eigenvalue weighted by Gasteiger charge is -2.13. The maximum atomic E-state index is 12.3. The van der Waals surface area contributed by atoms with Crippen LogP contribution >= 0.6 is 0 Å². The third-order valence-electron chi connectivity index (χ3n) is 3.93. The first-order valence-corrected chi connectivity index (χ1v) is 7.48. The van der Waals surface area contributed by atoms with Gasteiger partial charge in [0.25, 0.3) is 5.91 Å². The Balaban J connectivity index is 1.54. The number of likely N-dealkylation sites (tertiary alicyclic amines) is 1. The van der Waals surface area contributed by atoms with Gasteiger partial charge < -0.3 is 9.73 Å². The van der Waals surface area contributed by atoms with Crippen LogP contribution in [0, 0.1) is 0 Å². The van der Waals surface area contributed by atoms with E-state index < -0.39 is 0 Å². The third kappa shape index (κ3) is 3.26. The highest BCUT2D eigenvalue weighted by atomic mass is 16.3. The van der Waals surface area contributed by atoms with E-state index in [1.54, 1.807) is 6.26 Å². The first kappa shape index (κ1) is 14.5. The van der Waals surface area contributed by atoms with Crippen molar-refractivity contribution in [2.45, 2.75) is 25.4 Å². The fraction of sp³-hybridized carbons (Fsp3) is 0.294. The lowest BCUT2D eigenvalue weighted by atomic mass is 10.1. The topological polar surface area (TPSA) is 67.1 Å². The number of carbonyl (C=O) groups excluding carboxylic acids is 2. The molecule has 3 rings (SSSR count). The van der Waals surface area contributed by atoms with Gasteiger partial charge in [-0.2, -0.15) is 0 Å². The molecule has 1 aliphatic heterocycles. The number of imide groups is 1. The van der Waals surface area contributed by atoms with Gasteiger partial charge in [-0.3, -0.25) is 14.5 Å². The van der Waals surface area contributed by atoms with Crippen molar-refractivity contribution in [3.05, 3.63) is 60.1 Å². The van der Waals surface area contributed by atoms with E-state index in [9.17, 15) is 9.59 Å². The van der Waals surface area contributed by atoms with Crippen molar-refractivity contribution in [1.29, 1.82) is 0 Å². The zero-order valence-electron chi connectivity index (χ0n) is 12.3. The van der Waals surface area contributed by atoms with E-state index in [0.717, 1.165) is 11.3 Å². The molecule has 1 aromatic heterocycles. The van der Waals surface area contributed by atoms with Gasteiger partial charge >= 0.3 is 0 Å². The van der Waals surface area contributed by atoms with Crippen LogP contribution in [-0.2, 0) is 22.6 Å². The number of quaternary nitrogens is 1. The van der Waals surface area contributed by atoms with Gasteiger partial charge in [-0.25, -0.2) is 0 Å². The molecule has 0 aliphatic carbocycles. The summed E-state index contributed by atoms with van der Waals surface area (Å²) in [6, 6.07) is 13.2. The molecular formula is C17H19N2O3+. The fourth-order valence-electron chi connectivity index (χ4n) is 2.70. The smallest absolute Gasteiger partial charge is 0.287 e. The van der Waals surface area contributed by atoms with Crippen LogP contribution in [0.5, 0.6) is 0 Å². The maximum absolute atomic E-state index is 12.3. The predicted octanol–water partition coefficient (Wildman–Crippen LogP) is 0.713. The molecule has 2 heterocycles. The van der Waals surface area contributed by atoms with Crippen LogP contribution in [0.25, 0.3) is 0 Å². The van der Waals surface area contributed by atoms with Crippen LogP contribution in [0.4, 0.5) is 0 Å².